The Morgan fingerprint density at radius 3 is 2.71 bits per heavy atom. The fourth-order valence-corrected chi connectivity index (χ4v) is 2.12. The first-order valence-corrected chi connectivity index (χ1v) is 6.68. The van der Waals surface area contributed by atoms with Crippen LogP contribution in [-0.4, -0.2) is 4.98 Å². The van der Waals surface area contributed by atoms with E-state index >= 15 is 0 Å². The van der Waals surface area contributed by atoms with Crippen LogP contribution in [0.4, 0.5) is 0 Å². The lowest BCUT2D eigenvalue weighted by Crippen LogP contribution is -2.01. The number of aromatic nitrogens is 1. The molecular formula is C15H22N2. The van der Waals surface area contributed by atoms with Gasteiger partial charge in [-0.2, -0.15) is 5.26 Å². The van der Waals surface area contributed by atoms with Crippen molar-refractivity contribution in [3.63, 3.8) is 0 Å². The Hall–Kier alpha value is -1.36. The number of rotatable bonds is 7. The van der Waals surface area contributed by atoms with Gasteiger partial charge in [-0.15, -0.1) is 0 Å². The summed E-state index contributed by atoms with van der Waals surface area (Å²) in [6.45, 7) is 4.43. The number of nitriles is 1. The molecule has 2 heteroatoms. The maximum Gasteiger partial charge on any atom is 0.140 e. The minimum atomic E-state index is 0.514. The molecular weight excluding hydrogens is 208 g/mol. The van der Waals surface area contributed by atoms with Crippen LogP contribution in [-0.2, 0) is 0 Å². The Labute approximate surface area is 105 Å². The molecule has 0 fully saturated rings. The van der Waals surface area contributed by atoms with Crippen molar-refractivity contribution in [2.45, 2.75) is 58.3 Å². The van der Waals surface area contributed by atoms with Crippen molar-refractivity contribution >= 4 is 0 Å². The predicted molar refractivity (Wildman–Crippen MR) is 70.7 cm³/mol. The summed E-state index contributed by atoms with van der Waals surface area (Å²) in [7, 11) is 0. The number of pyridine rings is 1. The van der Waals surface area contributed by atoms with Gasteiger partial charge in [-0.25, -0.2) is 4.98 Å². The summed E-state index contributed by atoms with van der Waals surface area (Å²) in [5, 5.41) is 8.85. The Morgan fingerprint density at radius 1 is 1.24 bits per heavy atom. The first kappa shape index (κ1) is 13.7. The SMILES string of the molecule is CCCCCCC(CC)c1cccc(C#N)n1. The van der Waals surface area contributed by atoms with Gasteiger partial charge in [-0.1, -0.05) is 45.6 Å². The third kappa shape index (κ3) is 4.56. The summed E-state index contributed by atoms with van der Waals surface area (Å²) >= 11 is 0. The molecule has 0 saturated heterocycles. The van der Waals surface area contributed by atoms with Crippen LogP contribution >= 0.6 is 0 Å². The van der Waals surface area contributed by atoms with E-state index < -0.39 is 0 Å². The summed E-state index contributed by atoms with van der Waals surface area (Å²) in [6, 6.07) is 7.87. The Bertz CT molecular complexity index is 365. The van der Waals surface area contributed by atoms with Crippen LogP contribution in [0.2, 0.25) is 0 Å². The largest absolute Gasteiger partial charge is 0.242 e. The molecule has 0 amide bonds. The highest BCUT2D eigenvalue weighted by Crippen LogP contribution is 2.24. The molecule has 1 rings (SSSR count). The van der Waals surface area contributed by atoms with Crippen molar-refractivity contribution in [3.8, 4) is 6.07 Å². The minimum absolute atomic E-state index is 0.514. The van der Waals surface area contributed by atoms with Crippen LogP contribution in [0.1, 0.15) is 69.7 Å². The van der Waals surface area contributed by atoms with Gasteiger partial charge in [0.15, 0.2) is 0 Å². The van der Waals surface area contributed by atoms with Crippen LogP contribution in [0.25, 0.3) is 0 Å². The fourth-order valence-electron chi connectivity index (χ4n) is 2.12. The Balaban J connectivity index is 2.57. The van der Waals surface area contributed by atoms with E-state index in [1.54, 1.807) is 6.07 Å². The lowest BCUT2D eigenvalue weighted by molar-refractivity contribution is 0.533. The van der Waals surface area contributed by atoms with Gasteiger partial charge in [0.25, 0.3) is 0 Å². The topological polar surface area (TPSA) is 36.7 Å². The maximum absolute atomic E-state index is 8.85. The van der Waals surface area contributed by atoms with Gasteiger partial charge in [0, 0.05) is 11.6 Å². The fraction of sp³-hybridized carbons (Fsp3) is 0.600. The normalized spacial score (nSPS) is 12.1. The molecule has 2 nitrogen and oxygen atoms in total. The van der Waals surface area contributed by atoms with Gasteiger partial charge in [-0.05, 0) is 25.0 Å². The van der Waals surface area contributed by atoms with Gasteiger partial charge < -0.3 is 0 Å². The van der Waals surface area contributed by atoms with Crippen molar-refractivity contribution in [2.24, 2.45) is 0 Å². The van der Waals surface area contributed by atoms with Crippen molar-refractivity contribution in [1.82, 2.24) is 4.98 Å². The molecule has 1 unspecified atom stereocenters. The van der Waals surface area contributed by atoms with E-state index in [-0.39, 0.29) is 0 Å². The van der Waals surface area contributed by atoms with Crippen LogP contribution in [0.3, 0.4) is 0 Å². The molecule has 17 heavy (non-hydrogen) atoms. The molecule has 0 saturated carbocycles. The second-order valence-corrected chi connectivity index (χ2v) is 4.51. The van der Waals surface area contributed by atoms with Gasteiger partial charge in [0.2, 0.25) is 0 Å². The zero-order valence-electron chi connectivity index (χ0n) is 10.9. The minimum Gasteiger partial charge on any atom is -0.242 e. The second kappa shape index (κ2) is 7.84. The third-order valence-corrected chi connectivity index (χ3v) is 3.20. The summed E-state index contributed by atoms with van der Waals surface area (Å²) in [4.78, 5) is 4.40. The summed E-state index contributed by atoms with van der Waals surface area (Å²) < 4.78 is 0. The van der Waals surface area contributed by atoms with E-state index in [0.29, 0.717) is 11.6 Å². The first-order valence-electron chi connectivity index (χ1n) is 6.68. The second-order valence-electron chi connectivity index (χ2n) is 4.51. The highest BCUT2D eigenvalue weighted by atomic mass is 14.7. The van der Waals surface area contributed by atoms with E-state index in [9.17, 15) is 0 Å². The molecule has 0 bridgehead atoms. The average molecular weight is 230 g/mol. The molecule has 1 aromatic rings. The van der Waals surface area contributed by atoms with Gasteiger partial charge in [-0.3, -0.25) is 0 Å². The lowest BCUT2D eigenvalue weighted by atomic mass is 9.94. The zero-order chi connectivity index (χ0) is 12.5. The van der Waals surface area contributed by atoms with Crippen LogP contribution in [0.5, 0.6) is 0 Å². The molecule has 0 N–H and O–H groups in total. The van der Waals surface area contributed by atoms with E-state index in [0.717, 1.165) is 12.1 Å². The van der Waals surface area contributed by atoms with Crippen LogP contribution < -0.4 is 0 Å². The van der Waals surface area contributed by atoms with Crippen molar-refractivity contribution in [3.05, 3.63) is 29.6 Å². The first-order chi connectivity index (χ1) is 8.31. The molecule has 1 aromatic heterocycles. The van der Waals surface area contributed by atoms with E-state index in [4.69, 9.17) is 5.26 Å². The number of nitrogens with zero attached hydrogens (tertiary/aromatic N) is 2. The predicted octanol–water partition coefficient (Wildman–Crippen LogP) is 4.42. The smallest absolute Gasteiger partial charge is 0.140 e. The molecule has 0 spiro atoms. The molecule has 92 valence electrons. The van der Waals surface area contributed by atoms with Gasteiger partial charge in [0.1, 0.15) is 11.8 Å². The van der Waals surface area contributed by atoms with Crippen molar-refractivity contribution in [1.29, 1.82) is 5.26 Å². The molecule has 0 aliphatic rings. The van der Waals surface area contributed by atoms with Crippen molar-refractivity contribution < 1.29 is 0 Å². The number of hydrogen-bond donors (Lipinski definition) is 0. The Kier molecular flexibility index (Phi) is 6.32. The van der Waals surface area contributed by atoms with Crippen LogP contribution in [0, 0.1) is 11.3 Å². The molecule has 1 heterocycles. The van der Waals surface area contributed by atoms with E-state index in [2.05, 4.69) is 31.0 Å². The zero-order valence-corrected chi connectivity index (χ0v) is 10.9. The number of unbranched alkanes of at least 4 members (excludes halogenated alkanes) is 3. The standard InChI is InChI=1S/C15H22N2/c1-3-5-6-7-9-13(4-2)15-11-8-10-14(12-16)17-15/h8,10-11,13H,3-7,9H2,1-2H3. The lowest BCUT2D eigenvalue weighted by Gasteiger charge is -2.14. The third-order valence-electron chi connectivity index (χ3n) is 3.20. The summed E-state index contributed by atoms with van der Waals surface area (Å²) in [5.41, 5.74) is 1.62. The Morgan fingerprint density at radius 2 is 2.06 bits per heavy atom. The molecule has 1 atom stereocenters. The quantitative estimate of drug-likeness (QED) is 0.650. The highest BCUT2D eigenvalue weighted by Gasteiger charge is 2.10. The summed E-state index contributed by atoms with van der Waals surface area (Å²) in [6.07, 6.45) is 7.48. The monoisotopic (exact) mass is 230 g/mol. The maximum atomic E-state index is 8.85. The van der Waals surface area contributed by atoms with Crippen LogP contribution in [0.15, 0.2) is 18.2 Å². The molecule has 0 radical (unpaired) electrons. The average Bonchev–Trinajstić information content (AvgIpc) is 2.39. The highest BCUT2D eigenvalue weighted by molar-refractivity contribution is 5.23. The molecule has 0 aliphatic heterocycles. The van der Waals surface area contributed by atoms with Gasteiger partial charge >= 0.3 is 0 Å². The van der Waals surface area contributed by atoms with E-state index in [1.165, 1.54) is 32.1 Å². The number of hydrogen-bond acceptors (Lipinski definition) is 2. The molecule has 0 aliphatic carbocycles. The van der Waals surface area contributed by atoms with Gasteiger partial charge in [0.05, 0.1) is 0 Å². The summed E-state index contributed by atoms with van der Waals surface area (Å²) in [5.74, 6) is 0.514. The van der Waals surface area contributed by atoms with E-state index in [1.807, 2.05) is 6.07 Å². The molecule has 0 aromatic carbocycles. The van der Waals surface area contributed by atoms with Crippen molar-refractivity contribution in [2.75, 3.05) is 0 Å².